The summed E-state index contributed by atoms with van der Waals surface area (Å²) in [4.78, 5) is 25.6. The molecule has 0 bridgehead atoms. The fraction of sp³-hybridized carbons (Fsp3) is 0.778. The maximum Gasteiger partial charge on any atom is 0.417 e. The summed E-state index contributed by atoms with van der Waals surface area (Å²) < 4.78 is 5.31. The molecule has 0 heterocycles. The molecule has 0 aliphatic heterocycles. The first-order valence-corrected chi connectivity index (χ1v) is 8.17. The van der Waals surface area contributed by atoms with Crippen LogP contribution in [0.5, 0.6) is 0 Å². The largest absolute Gasteiger partial charge is 0.443 e. The van der Waals surface area contributed by atoms with Crippen LogP contribution in [0.3, 0.4) is 0 Å². The zero-order valence-electron chi connectivity index (χ0n) is 15.4. The second-order valence-corrected chi connectivity index (χ2v) is 7.83. The van der Waals surface area contributed by atoms with Gasteiger partial charge in [-0.05, 0) is 51.5 Å². The Morgan fingerprint density at radius 3 is 2.14 bits per heavy atom. The third kappa shape index (κ3) is 10.4. The Balaban J connectivity index is 4.70. The zero-order valence-corrected chi connectivity index (χ0v) is 15.4. The van der Waals surface area contributed by atoms with Gasteiger partial charge in [0.05, 0.1) is 0 Å². The van der Waals surface area contributed by atoms with E-state index < -0.39 is 11.7 Å². The summed E-state index contributed by atoms with van der Waals surface area (Å²) >= 11 is 0. The lowest BCUT2D eigenvalue weighted by Gasteiger charge is -2.25. The summed E-state index contributed by atoms with van der Waals surface area (Å²) in [7, 11) is 0. The third-order valence-corrected chi connectivity index (χ3v) is 2.94. The van der Waals surface area contributed by atoms with Crippen LogP contribution in [0.4, 0.5) is 4.79 Å². The van der Waals surface area contributed by atoms with Crippen LogP contribution < -0.4 is 0 Å². The summed E-state index contributed by atoms with van der Waals surface area (Å²) in [6.45, 7) is 14.3. The fourth-order valence-corrected chi connectivity index (χ4v) is 1.72. The first kappa shape index (κ1) is 20.7. The lowest BCUT2D eigenvalue weighted by molar-refractivity contribution is -0.125. The molecule has 22 heavy (non-hydrogen) atoms. The monoisotopic (exact) mass is 311 g/mol. The van der Waals surface area contributed by atoms with E-state index in [0.29, 0.717) is 6.54 Å². The maximum atomic E-state index is 12.2. The van der Waals surface area contributed by atoms with Gasteiger partial charge in [-0.2, -0.15) is 0 Å². The molecule has 0 spiro atoms. The molecular weight excluding hydrogens is 278 g/mol. The van der Waals surface area contributed by atoms with E-state index in [1.54, 1.807) is 20.8 Å². The van der Waals surface area contributed by atoms with Gasteiger partial charge in [0.25, 0.3) is 5.91 Å². The lowest BCUT2D eigenvalue weighted by atomic mass is 9.90. The van der Waals surface area contributed by atoms with Gasteiger partial charge >= 0.3 is 6.09 Å². The van der Waals surface area contributed by atoms with Crippen LogP contribution >= 0.6 is 0 Å². The Hall–Kier alpha value is -1.32. The average Bonchev–Trinajstić information content (AvgIpc) is 2.31. The summed E-state index contributed by atoms with van der Waals surface area (Å²) in [5, 5.41) is 0. The predicted octanol–water partition coefficient (Wildman–Crippen LogP) is 4.93. The molecular formula is C18H33NO3. The Bertz CT molecular complexity index is 386. The number of allylic oxidation sites excluding steroid dienone is 1. The highest BCUT2D eigenvalue weighted by Gasteiger charge is 2.25. The average molecular weight is 311 g/mol. The minimum absolute atomic E-state index is 0.237. The quantitative estimate of drug-likeness (QED) is 0.653. The molecule has 0 aromatic rings. The number of hydrogen-bond donors (Lipinski definition) is 0. The van der Waals surface area contributed by atoms with Crippen molar-refractivity contribution >= 4 is 12.0 Å². The smallest absolute Gasteiger partial charge is 0.417 e. The fourth-order valence-electron chi connectivity index (χ4n) is 1.72. The molecule has 0 rings (SSSR count). The van der Waals surface area contributed by atoms with Crippen molar-refractivity contribution in [2.24, 2.45) is 5.41 Å². The Morgan fingerprint density at radius 2 is 1.68 bits per heavy atom. The number of imide groups is 1. The molecule has 0 N–H and O–H groups in total. The van der Waals surface area contributed by atoms with Gasteiger partial charge in [-0.3, -0.25) is 4.79 Å². The number of hydrogen-bond acceptors (Lipinski definition) is 3. The van der Waals surface area contributed by atoms with Crippen molar-refractivity contribution in [3.63, 3.8) is 0 Å². The number of nitrogens with zero attached hydrogens (tertiary/aromatic N) is 1. The standard InChI is InChI=1S/C18H33NO3/c1-8-9-14-19(16(21)22-18(5,6)7)15(20)12-10-11-13-17(2,3)4/h10,12H,8-9,11,13-14H2,1-7H3/b12-10+. The molecule has 0 saturated heterocycles. The molecule has 0 unspecified atom stereocenters. The van der Waals surface area contributed by atoms with Gasteiger partial charge in [-0.25, -0.2) is 9.69 Å². The normalized spacial score (nSPS) is 12.5. The summed E-state index contributed by atoms with van der Waals surface area (Å²) in [5.41, 5.74) is -0.363. The van der Waals surface area contributed by atoms with E-state index in [4.69, 9.17) is 4.74 Å². The van der Waals surface area contributed by atoms with E-state index in [0.717, 1.165) is 25.7 Å². The highest BCUT2D eigenvalue weighted by atomic mass is 16.6. The van der Waals surface area contributed by atoms with E-state index in [9.17, 15) is 9.59 Å². The number of ether oxygens (including phenoxy) is 1. The van der Waals surface area contributed by atoms with Crippen LogP contribution in [0.1, 0.15) is 74.1 Å². The Morgan fingerprint density at radius 1 is 1.09 bits per heavy atom. The van der Waals surface area contributed by atoms with Gasteiger partial charge in [0.1, 0.15) is 5.60 Å². The van der Waals surface area contributed by atoms with Gasteiger partial charge in [0, 0.05) is 6.54 Å². The highest BCUT2D eigenvalue weighted by Crippen LogP contribution is 2.20. The molecule has 2 amide bonds. The van der Waals surface area contributed by atoms with Crippen LogP contribution in [0.2, 0.25) is 0 Å². The van der Waals surface area contributed by atoms with Crippen LogP contribution in [-0.4, -0.2) is 29.0 Å². The van der Waals surface area contributed by atoms with Gasteiger partial charge in [-0.15, -0.1) is 0 Å². The topological polar surface area (TPSA) is 46.6 Å². The van der Waals surface area contributed by atoms with Crippen molar-refractivity contribution < 1.29 is 14.3 Å². The molecule has 128 valence electrons. The summed E-state index contributed by atoms with van der Waals surface area (Å²) in [6, 6.07) is 0. The van der Waals surface area contributed by atoms with E-state index in [1.165, 1.54) is 11.0 Å². The highest BCUT2D eigenvalue weighted by molar-refractivity contribution is 5.98. The number of carbonyl (C=O) groups is 2. The van der Waals surface area contributed by atoms with Crippen LogP contribution in [0.15, 0.2) is 12.2 Å². The molecule has 0 saturated carbocycles. The van der Waals surface area contributed by atoms with Crippen molar-refractivity contribution in [2.45, 2.75) is 79.8 Å². The van der Waals surface area contributed by atoms with Gasteiger partial charge < -0.3 is 4.74 Å². The minimum atomic E-state index is -0.599. The molecule has 0 aliphatic rings. The predicted molar refractivity (Wildman–Crippen MR) is 90.7 cm³/mol. The van der Waals surface area contributed by atoms with Crippen LogP contribution in [-0.2, 0) is 9.53 Å². The summed E-state index contributed by atoms with van der Waals surface area (Å²) in [5.74, 6) is -0.295. The van der Waals surface area contributed by atoms with E-state index in [1.807, 2.05) is 13.0 Å². The number of amides is 2. The van der Waals surface area contributed by atoms with E-state index in [-0.39, 0.29) is 11.3 Å². The minimum Gasteiger partial charge on any atom is -0.443 e. The van der Waals surface area contributed by atoms with Crippen molar-refractivity contribution in [1.29, 1.82) is 0 Å². The van der Waals surface area contributed by atoms with Gasteiger partial charge in [0.15, 0.2) is 0 Å². The van der Waals surface area contributed by atoms with Gasteiger partial charge in [-0.1, -0.05) is 40.2 Å². The lowest BCUT2D eigenvalue weighted by Crippen LogP contribution is -2.40. The molecule has 4 nitrogen and oxygen atoms in total. The van der Waals surface area contributed by atoms with E-state index in [2.05, 4.69) is 20.8 Å². The second kappa shape index (κ2) is 8.96. The van der Waals surface area contributed by atoms with Crippen LogP contribution in [0, 0.1) is 5.41 Å². The molecule has 0 fully saturated rings. The summed E-state index contributed by atoms with van der Waals surface area (Å²) in [6.07, 6.45) is 6.29. The molecule has 0 aromatic heterocycles. The first-order valence-electron chi connectivity index (χ1n) is 8.17. The third-order valence-electron chi connectivity index (χ3n) is 2.94. The van der Waals surface area contributed by atoms with Crippen molar-refractivity contribution in [2.75, 3.05) is 6.54 Å². The van der Waals surface area contributed by atoms with Crippen molar-refractivity contribution in [3.8, 4) is 0 Å². The molecule has 0 aliphatic carbocycles. The van der Waals surface area contributed by atoms with Crippen molar-refractivity contribution in [3.05, 3.63) is 12.2 Å². The second-order valence-electron chi connectivity index (χ2n) is 7.83. The molecule has 0 aromatic carbocycles. The molecule has 4 heteroatoms. The van der Waals surface area contributed by atoms with Gasteiger partial charge in [0.2, 0.25) is 0 Å². The zero-order chi connectivity index (χ0) is 17.4. The first-order chi connectivity index (χ1) is 9.96. The molecule has 0 atom stereocenters. The van der Waals surface area contributed by atoms with E-state index >= 15 is 0 Å². The van der Waals surface area contributed by atoms with Crippen LogP contribution in [0.25, 0.3) is 0 Å². The Kier molecular flexibility index (Phi) is 8.43. The molecule has 0 radical (unpaired) electrons. The number of carbonyl (C=O) groups excluding carboxylic acids is 2. The van der Waals surface area contributed by atoms with Crippen molar-refractivity contribution in [1.82, 2.24) is 4.90 Å². The SMILES string of the molecule is CCCCN(C(=O)/C=C/CCC(C)(C)C)C(=O)OC(C)(C)C. The number of rotatable bonds is 6. The Labute approximate surface area is 135 Å². The maximum absolute atomic E-state index is 12.2. The number of unbranched alkanes of at least 4 members (excludes halogenated alkanes) is 1.